The molecule has 0 radical (unpaired) electrons. The number of alkyl halides is 3. The number of carbonyl (C=O) groups excluding carboxylic acids is 1. The molecule has 1 aliphatic rings. The monoisotopic (exact) mass is 343 g/mol. The predicted molar refractivity (Wildman–Crippen MR) is 79.6 cm³/mol. The van der Waals surface area contributed by atoms with Crippen LogP contribution >= 0.6 is 11.6 Å². The van der Waals surface area contributed by atoms with Crippen LogP contribution in [-0.4, -0.2) is 23.9 Å². The summed E-state index contributed by atoms with van der Waals surface area (Å²) in [7, 11) is 0. The number of nitrogens with one attached hydrogen (secondary N) is 1. The molecule has 0 saturated carbocycles. The first-order valence-electron chi connectivity index (χ1n) is 6.85. The van der Waals surface area contributed by atoms with Crippen LogP contribution in [0.1, 0.15) is 18.4 Å². The normalized spacial score (nSPS) is 15.4. The van der Waals surface area contributed by atoms with Gasteiger partial charge < -0.3 is 10.2 Å². The molecule has 0 aromatic heterocycles. The molecule has 1 N–H and O–H groups in total. The minimum Gasteiger partial charge on any atom is -0.376 e. The first kappa shape index (κ1) is 17.2. The van der Waals surface area contributed by atoms with E-state index in [4.69, 9.17) is 16.9 Å². The van der Waals surface area contributed by atoms with E-state index in [1.54, 1.807) is 6.07 Å². The number of nitriles is 1. The molecule has 1 aromatic carbocycles. The second-order valence-corrected chi connectivity index (χ2v) is 5.45. The number of hydrogen-bond donors (Lipinski definition) is 1. The van der Waals surface area contributed by atoms with Crippen LogP contribution in [0, 0.1) is 11.3 Å². The van der Waals surface area contributed by atoms with Crippen molar-refractivity contribution in [3.05, 3.63) is 40.6 Å². The molecule has 0 atom stereocenters. The highest BCUT2D eigenvalue weighted by atomic mass is 35.5. The predicted octanol–water partition coefficient (Wildman–Crippen LogP) is 3.80. The number of amides is 1. The number of anilines is 1. The van der Waals surface area contributed by atoms with E-state index in [-0.39, 0.29) is 11.3 Å². The molecule has 1 heterocycles. The van der Waals surface area contributed by atoms with E-state index in [2.05, 4.69) is 5.32 Å². The van der Waals surface area contributed by atoms with Crippen molar-refractivity contribution >= 4 is 23.2 Å². The molecule has 122 valence electrons. The van der Waals surface area contributed by atoms with Crippen molar-refractivity contribution in [1.82, 2.24) is 4.90 Å². The van der Waals surface area contributed by atoms with Gasteiger partial charge >= 0.3 is 6.18 Å². The van der Waals surface area contributed by atoms with Crippen LogP contribution in [-0.2, 0) is 11.0 Å². The number of carbonyl (C=O) groups is 1. The zero-order valence-corrected chi connectivity index (χ0v) is 12.7. The Morgan fingerprint density at radius 1 is 1.35 bits per heavy atom. The van der Waals surface area contributed by atoms with Crippen molar-refractivity contribution in [3.63, 3.8) is 0 Å². The van der Waals surface area contributed by atoms with Crippen LogP contribution in [0.3, 0.4) is 0 Å². The number of benzene rings is 1. The number of rotatable bonds is 3. The van der Waals surface area contributed by atoms with Crippen LogP contribution in [0.25, 0.3) is 0 Å². The lowest BCUT2D eigenvalue weighted by Crippen LogP contribution is -2.19. The van der Waals surface area contributed by atoms with Gasteiger partial charge in [-0.3, -0.25) is 4.79 Å². The average molecular weight is 344 g/mol. The van der Waals surface area contributed by atoms with Crippen LogP contribution in [0.15, 0.2) is 30.0 Å². The van der Waals surface area contributed by atoms with Gasteiger partial charge in [0.15, 0.2) is 0 Å². The van der Waals surface area contributed by atoms with Crippen molar-refractivity contribution in [1.29, 1.82) is 5.26 Å². The molecule has 4 nitrogen and oxygen atoms in total. The Balaban J connectivity index is 2.18. The molecule has 0 bridgehead atoms. The smallest absolute Gasteiger partial charge is 0.376 e. The summed E-state index contributed by atoms with van der Waals surface area (Å²) >= 11 is 5.52. The SMILES string of the molecule is N#C/C(=C/N1CCCC1)C(=O)Nc1ccc(Cl)c(C(F)(F)F)c1. The quantitative estimate of drug-likeness (QED) is 0.671. The standard InChI is InChI=1S/C15H13ClF3N3O/c16-13-4-3-11(7-12(13)15(17,18)19)21-14(23)10(8-20)9-22-5-1-2-6-22/h3-4,7,9H,1-2,5-6H2,(H,21,23)/b10-9-. The Hall–Kier alpha value is -2.20. The largest absolute Gasteiger partial charge is 0.417 e. The number of nitrogens with zero attached hydrogens (tertiary/aromatic N) is 2. The minimum absolute atomic E-state index is 0.0747. The zero-order chi connectivity index (χ0) is 17.0. The molecule has 1 aliphatic heterocycles. The van der Waals surface area contributed by atoms with Crippen molar-refractivity contribution in [2.75, 3.05) is 18.4 Å². The second-order valence-electron chi connectivity index (χ2n) is 5.04. The van der Waals surface area contributed by atoms with E-state index in [0.29, 0.717) is 0 Å². The summed E-state index contributed by atoms with van der Waals surface area (Å²) in [6.07, 6.45) is -1.24. The summed E-state index contributed by atoms with van der Waals surface area (Å²) in [4.78, 5) is 13.9. The topological polar surface area (TPSA) is 56.1 Å². The van der Waals surface area contributed by atoms with Gasteiger partial charge in [-0.25, -0.2) is 0 Å². The van der Waals surface area contributed by atoms with Crippen LogP contribution < -0.4 is 5.32 Å². The van der Waals surface area contributed by atoms with Crippen molar-refractivity contribution in [2.24, 2.45) is 0 Å². The van der Waals surface area contributed by atoms with Gasteiger partial charge in [0.1, 0.15) is 11.6 Å². The highest BCUT2D eigenvalue weighted by Crippen LogP contribution is 2.36. The fourth-order valence-corrected chi connectivity index (χ4v) is 2.43. The van der Waals surface area contributed by atoms with Gasteiger partial charge in [-0.05, 0) is 31.0 Å². The number of halogens is 4. The fourth-order valence-electron chi connectivity index (χ4n) is 2.21. The maximum atomic E-state index is 12.8. The number of hydrogen-bond acceptors (Lipinski definition) is 3. The van der Waals surface area contributed by atoms with Gasteiger partial charge in [0.25, 0.3) is 5.91 Å². The Morgan fingerprint density at radius 2 is 2.00 bits per heavy atom. The fraction of sp³-hybridized carbons (Fsp3) is 0.333. The lowest BCUT2D eigenvalue weighted by atomic mass is 10.2. The zero-order valence-electron chi connectivity index (χ0n) is 12.0. The van der Waals surface area contributed by atoms with Crippen LogP contribution in [0.5, 0.6) is 0 Å². The maximum absolute atomic E-state index is 12.8. The molecule has 23 heavy (non-hydrogen) atoms. The van der Waals surface area contributed by atoms with E-state index in [0.717, 1.165) is 38.1 Å². The Labute approximate surface area is 136 Å². The lowest BCUT2D eigenvalue weighted by Gasteiger charge is -2.13. The van der Waals surface area contributed by atoms with Gasteiger partial charge in [0.05, 0.1) is 10.6 Å². The van der Waals surface area contributed by atoms with E-state index < -0.39 is 22.7 Å². The molecule has 1 fully saturated rings. The summed E-state index contributed by atoms with van der Waals surface area (Å²) in [6.45, 7) is 1.50. The Kier molecular flexibility index (Phi) is 5.16. The van der Waals surface area contributed by atoms with Crippen LogP contribution in [0.4, 0.5) is 18.9 Å². The summed E-state index contributed by atoms with van der Waals surface area (Å²) in [5.74, 6) is -0.755. The van der Waals surface area contributed by atoms with Gasteiger partial charge in [0, 0.05) is 25.0 Å². The summed E-state index contributed by atoms with van der Waals surface area (Å²) in [5.41, 5.74) is -1.27. The minimum atomic E-state index is -4.62. The highest BCUT2D eigenvalue weighted by molar-refractivity contribution is 6.31. The third-order valence-corrected chi connectivity index (χ3v) is 3.68. The first-order valence-corrected chi connectivity index (χ1v) is 7.23. The van der Waals surface area contributed by atoms with Gasteiger partial charge in [-0.1, -0.05) is 11.6 Å². The van der Waals surface area contributed by atoms with E-state index >= 15 is 0 Å². The molecular formula is C15H13ClF3N3O. The van der Waals surface area contributed by atoms with Gasteiger partial charge in [-0.15, -0.1) is 0 Å². The second kappa shape index (κ2) is 6.92. The Bertz CT molecular complexity index is 674. The summed E-state index contributed by atoms with van der Waals surface area (Å²) < 4.78 is 38.4. The molecule has 2 rings (SSSR count). The first-order chi connectivity index (χ1) is 10.8. The van der Waals surface area contributed by atoms with Crippen LogP contribution in [0.2, 0.25) is 5.02 Å². The summed E-state index contributed by atoms with van der Waals surface area (Å²) in [5, 5.41) is 10.9. The third kappa shape index (κ3) is 4.39. The van der Waals surface area contributed by atoms with Crippen molar-refractivity contribution < 1.29 is 18.0 Å². The molecule has 1 aromatic rings. The molecule has 0 spiro atoms. The summed E-state index contributed by atoms with van der Waals surface area (Å²) in [6, 6.07) is 4.81. The van der Waals surface area contributed by atoms with E-state index in [9.17, 15) is 18.0 Å². The molecule has 1 amide bonds. The van der Waals surface area contributed by atoms with E-state index in [1.807, 2.05) is 4.90 Å². The van der Waals surface area contributed by atoms with Crippen molar-refractivity contribution in [3.8, 4) is 6.07 Å². The lowest BCUT2D eigenvalue weighted by molar-refractivity contribution is -0.137. The molecular weight excluding hydrogens is 331 g/mol. The molecule has 0 aliphatic carbocycles. The van der Waals surface area contributed by atoms with Crippen molar-refractivity contribution in [2.45, 2.75) is 19.0 Å². The number of likely N-dealkylation sites (tertiary alicyclic amines) is 1. The average Bonchev–Trinajstić information content (AvgIpc) is 2.98. The molecule has 8 heteroatoms. The molecule has 1 saturated heterocycles. The molecule has 0 unspecified atom stereocenters. The third-order valence-electron chi connectivity index (χ3n) is 3.35. The van der Waals surface area contributed by atoms with Gasteiger partial charge in [0.2, 0.25) is 0 Å². The Morgan fingerprint density at radius 3 is 2.57 bits per heavy atom. The van der Waals surface area contributed by atoms with E-state index in [1.165, 1.54) is 12.3 Å². The maximum Gasteiger partial charge on any atom is 0.417 e. The highest BCUT2D eigenvalue weighted by Gasteiger charge is 2.33. The van der Waals surface area contributed by atoms with Gasteiger partial charge in [-0.2, -0.15) is 18.4 Å².